The minimum absolute atomic E-state index is 0.0968. The molecule has 2 aliphatic rings. The molecule has 0 bridgehead atoms. The third-order valence-corrected chi connectivity index (χ3v) is 5.58. The predicted molar refractivity (Wildman–Crippen MR) is 110 cm³/mol. The molecular formula is C21H26N6O2. The number of nitrogens with one attached hydrogen (secondary N) is 2. The van der Waals surface area contributed by atoms with E-state index in [4.69, 9.17) is 0 Å². The molecule has 29 heavy (non-hydrogen) atoms. The fourth-order valence-corrected chi connectivity index (χ4v) is 4.03. The second kappa shape index (κ2) is 8.16. The Hall–Kier alpha value is -3.00. The highest BCUT2D eigenvalue weighted by Gasteiger charge is 2.29. The Morgan fingerprint density at radius 1 is 1.24 bits per heavy atom. The Morgan fingerprint density at radius 3 is 2.76 bits per heavy atom. The molecule has 1 saturated heterocycles. The highest BCUT2D eigenvalue weighted by molar-refractivity contribution is 5.90. The molecule has 2 N–H and O–H groups in total. The van der Waals surface area contributed by atoms with Gasteiger partial charge in [-0.15, -0.1) is 0 Å². The predicted octanol–water partition coefficient (Wildman–Crippen LogP) is 2.18. The maximum absolute atomic E-state index is 12.8. The van der Waals surface area contributed by atoms with Crippen molar-refractivity contribution in [2.24, 2.45) is 7.05 Å². The molecule has 1 fully saturated rings. The van der Waals surface area contributed by atoms with Crippen LogP contribution in [0.25, 0.3) is 6.08 Å². The van der Waals surface area contributed by atoms with E-state index in [0.29, 0.717) is 11.9 Å². The standard InChI is InChI=1S/C21H26N6O2/c1-14(28)27-12-9-15-5-3-4-6-17(15)18(27)13-19(29)23-21-24-20(25-26(21)2)16-7-10-22-11-8-16/h3-6,9,12,16,18,22H,7-8,10-11,13H2,1-2H3,(H,23,24,25,29). The van der Waals surface area contributed by atoms with E-state index in [1.54, 1.807) is 22.8 Å². The van der Waals surface area contributed by atoms with Gasteiger partial charge in [0.05, 0.1) is 12.5 Å². The third kappa shape index (κ3) is 4.07. The first-order chi connectivity index (χ1) is 14.0. The lowest BCUT2D eigenvalue weighted by molar-refractivity contribution is -0.129. The van der Waals surface area contributed by atoms with Crippen LogP contribution >= 0.6 is 0 Å². The Kier molecular flexibility index (Phi) is 5.44. The summed E-state index contributed by atoms with van der Waals surface area (Å²) >= 11 is 0. The van der Waals surface area contributed by atoms with E-state index < -0.39 is 0 Å². The molecule has 0 spiro atoms. The average Bonchev–Trinajstić information content (AvgIpc) is 3.09. The number of benzene rings is 1. The summed E-state index contributed by atoms with van der Waals surface area (Å²) in [6.45, 7) is 3.43. The van der Waals surface area contributed by atoms with Crippen molar-refractivity contribution in [2.45, 2.75) is 38.1 Å². The molecule has 2 aromatic rings. The molecule has 2 amide bonds. The number of rotatable bonds is 4. The van der Waals surface area contributed by atoms with Crippen LogP contribution in [0.2, 0.25) is 0 Å². The van der Waals surface area contributed by atoms with Crippen molar-refractivity contribution in [3.8, 4) is 0 Å². The van der Waals surface area contributed by atoms with Crippen LogP contribution in [-0.2, 0) is 16.6 Å². The van der Waals surface area contributed by atoms with E-state index in [9.17, 15) is 9.59 Å². The maximum atomic E-state index is 12.8. The van der Waals surface area contributed by atoms with E-state index >= 15 is 0 Å². The quantitative estimate of drug-likeness (QED) is 0.829. The molecule has 0 saturated carbocycles. The van der Waals surface area contributed by atoms with Gasteiger partial charge in [-0.3, -0.25) is 14.9 Å². The minimum Gasteiger partial charge on any atom is -0.317 e. The molecule has 3 heterocycles. The lowest BCUT2D eigenvalue weighted by atomic mass is 9.93. The van der Waals surface area contributed by atoms with Crippen molar-refractivity contribution < 1.29 is 9.59 Å². The van der Waals surface area contributed by atoms with Gasteiger partial charge in [-0.2, -0.15) is 10.1 Å². The van der Waals surface area contributed by atoms with Crippen LogP contribution in [0.15, 0.2) is 30.5 Å². The lowest BCUT2D eigenvalue weighted by Crippen LogP contribution is -2.33. The molecule has 2 aliphatic heterocycles. The van der Waals surface area contributed by atoms with Gasteiger partial charge in [0, 0.05) is 26.1 Å². The van der Waals surface area contributed by atoms with E-state index in [-0.39, 0.29) is 24.3 Å². The van der Waals surface area contributed by atoms with Gasteiger partial charge in [-0.05, 0) is 43.1 Å². The molecule has 4 rings (SSSR count). The van der Waals surface area contributed by atoms with Gasteiger partial charge in [0.2, 0.25) is 17.8 Å². The molecule has 8 nitrogen and oxygen atoms in total. The largest absolute Gasteiger partial charge is 0.317 e. The van der Waals surface area contributed by atoms with Crippen LogP contribution in [0, 0.1) is 0 Å². The van der Waals surface area contributed by atoms with Crippen LogP contribution < -0.4 is 10.6 Å². The Morgan fingerprint density at radius 2 is 2.00 bits per heavy atom. The van der Waals surface area contributed by atoms with Crippen LogP contribution in [0.4, 0.5) is 5.95 Å². The van der Waals surface area contributed by atoms with Gasteiger partial charge in [-0.1, -0.05) is 24.3 Å². The Labute approximate surface area is 170 Å². The molecule has 1 aromatic carbocycles. The molecule has 1 atom stereocenters. The summed E-state index contributed by atoms with van der Waals surface area (Å²) in [5.74, 6) is 1.24. The fraction of sp³-hybridized carbons (Fsp3) is 0.429. The number of hydrogen-bond donors (Lipinski definition) is 2. The fourth-order valence-electron chi connectivity index (χ4n) is 4.03. The van der Waals surface area contributed by atoms with Gasteiger partial charge in [0.1, 0.15) is 0 Å². The summed E-state index contributed by atoms with van der Waals surface area (Å²) in [5, 5.41) is 10.7. The van der Waals surface area contributed by atoms with Gasteiger partial charge in [-0.25, -0.2) is 4.68 Å². The van der Waals surface area contributed by atoms with Crippen molar-refractivity contribution in [2.75, 3.05) is 18.4 Å². The molecule has 8 heteroatoms. The second-order valence-electron chi connectivity index (χ2n) is 7.58. The maximum Gasteiger partial charge on any atom is 0.229 e. The summed E-state index contributed by atoms with van der Waals surface area (Å²) in [4.78, 5) is 31.1. The van der Waals surface area contributed by atoms with E-state index in [1.165, 1.54) is 6.92 Å². The van der Waals surface area contributed by atoms with Crippen LogP contribution in [0.3, 0.4) is 0 Å². The van der Waals surface area contributed by atoms with E-state index in [1.807, 2.05) is 30.3 Å². The zero-order valence-electron chi connectivity index (χ0n) is 16.8. The number of anilines is 1. The Bertz CT molecular complexity index is 944. The van der Waals surface area contributed by atoms with Gasteiger partial charge >= 0.3 is 0 Å². The first kappa shape index (κ1) is 19.3. The summed E-state index contributed by atoms with van der Waals surface area (Å²) < 4.78 is 1.62. The highest BCUT2D eigenvalue weighted by atomic mass is 16.2. The van der Waals surface area contributed by atoms with Crippen LogP contribution in [0.5, 0.6) is 0 Å². The normalized spacial score (nSPS) is 19.1. The van der Waals surface area contributed by atoms with Crippen LogP contribution in [0.1, 0.15) is 55.1 Å². The van der Waals surface area contributed by atoms with Crippen molar-refractivity contribution >= 4 is 23.8 Å². The number of aryl methyl sites for hydroxylation is 1. The molecule has 152 valence electrons. The number of hydrogen-bond acceptors (Lipinski definition) is 5. The van der Waals surface area contributed by atoms with Crippen molar-refractivity contribution in [1.82, 2.24) is 25.0 Å². The Balaban J connectivity index is 1.49. The number of piperidine rings is 1. The summed E-state index contributed by atoms with van der Waals surface area (Å²) in [7, 11) is 1.79. The minimum atomic E-state index is -0.342. The monoisotopic (exact) mass is 394 g/mol. The molecule has 0 radical (unpaired) electrons. The highest BCUT2D eigenvalue weighted by Crippen LogP contribution is 2.33. The first-order valence-electron chi connectivity index (χ1n) is 10.0. The summed E-state index contributed by atoms with van der Waals surface area (Å²) in [6.07, 6.45) is 5.79. The van der Waals surface area contributed by atoms with E-state index in [2.05, 4.69) is 20.7 Å². The number of nitrogens with zero attached hydrogens (tertiary/aromatic N) is 4. The smallest absolute Gasteiger partial charge is 0.229 e. The second-order valence-corrected chi connectivity index (χ2v) is 7.58. The topological polar surface area (TPSA) is 92.2 Å². The average molecular weight is 394 g/mol. The third-order valence-electron chi connectivity index (χ3n) is 5.58. The number of carbonyl (C=O) groups is 2. The summed E-state index contributed by atoms with van der Waals surface area (Å²) in [6, 6.07) is 7.48. The number of aromatic nitrogens is 3. The molecule has 0 aliphatic carbocycles. The van der Waals surface area contributed by atoms with Gasteiger partial charge in [0.25, 0.3) is 0 Å². The first-order valence-corrected chi connectivity index (χ1v) is 10.0. The number of fused-ring (bicyclic) bond motifs is 1. The van der Waals surface area contributed by atoms with Crippen molar-refractivity contribution in [1.29, 1.82) is 0 Å². The summed E-state index contributed by atoms with van der Waals surface area (Å²) in [5.41, 5.74) is 1.99. The van der Waals surface area contributed by atoms with Gasteiger partial charge < -0.3 is 10.2 Å². The lowest BCUT2D eigenvalue weighted by Gasteiger charge is -2.32. The zero-order chi connectivity index (χ0) is 20.4. The zero-order valence-corrected chi connectivity index (χ0v) is 16.8. The van der Waals surface area contributed by atoms with Crippen LogP contribution in [-0.4, -0.2) is 44.6 Å². The SMILES string of the molecule is CC(=O)N1C=Cc2ccccc2C1CC(=O)Nc1nc(C2CCNCC2)nn1C. The molecule has 1 aromatic heterocycles. The van der Waals surface area contributed by atoms with Gasteiger partial charge in [0.15, 0.2) is 5.82 Å². The van der Waals surface area contributed by atoms with E-state index in [0.717, 1.165) is 42.9 Å². The number of carbonyl (C=O) groups excluding carboxylic acids is 2. The number of amides is 2. The molecule has 1 unspecified atom stereocenters. The van der Waals surface area contributed by atoms with Crippen molar-refractivity contribution in [3.63, 3.8) is 0 Å². The molecular weight excluding hydrogens is 368 g/mol. The van der Waals surface area contributed by atoms with Crippen molar-refractivity contribution in [3.05, 3.63) is 47.4 Å².